The summed E-state index contributed by atoms with van der Waals surface area (Å²) >= 11 is 7.13. The summed E-state index contributed by atoms with van der Waals surface area (Å²) in [6, 6.07) is 11.6. The first-order valence-electron chi connectivity index (χ1n) is 7.53. The number of hydrogen-bond donors (Lipinski definition) is 1. The molecule has 1 fully saturated rings. The van der Waals surface area contributed by atoms with Crippen LogP contribution < -0.4 is 10.1 Å². The zero-order valence-corrected chi connectivity index (χ0v) is 14.8. The predicted octanol–water partition coefficient (Wildman–Crippen LogP) is 4.77. The third-order valence-electron chi connectivity index (χ3n) is 3.30. The van der Waals surface area contributed by atoms with Gasteiger partial charge in [-0.05, 0) is 61.2 Å². The van der Waals surface area contributed by atoms with E-state index >= 15 is 0 Å². The molecule has 0 atom stereocenters. The molecule has 0 aromatic heterocycles. The van der Waals surface area contributed by atoms with Crippen LogP contribution in [0.1, 0.15) is 12.5 Å². The first-order valence-corrected chi connectivity index (χ1v) is 8.72. The summed E-state index contributed by atoms with van der Waals surface area (Å²) < 4.78 is 19.2. The quantitative estimate of drug-likeness (QED) is 0.782. The van der Waals surface area contributed by atoms with Gasteiger partial charge in [-0.25, -0.2) is 9.38 Å². The minimum absolute atomic E-state index is 0.184. The molecular weight excluding hydrogens is 363 g/mol. The number of aliphatic imine (C=N–C) groups is 1. The molecular formula is C18H14ClFN2O2S. The van der Waals surface area contributed by atoms with Crippen LogP contribution in [0, 0.1) is 5.82 Å². The van der Waals surface area contributed by atoms with Crippen LogP contribution in [0.25, 0.3) is 6.08 Å². The zero-order valence-electron chi connectivity index (χ0n) is 13.3. The fourth-order valence-electron chi connectivity index (χ4n) is 2.16. The highest BCUT2D eigenvalue weighted by Crippen LogP contribution is 2.31. The van der Waals surface area contributed by atoms with Gasteiger partial charge in [-0.15, -0.1) is 0 Å². The van der Waals surface area contributed by atoms with Crippen molar-refractivity contribution in [2.24, 2.45) is 4.99 Å². The fourth-order valence-corrected chi connectivity index (χ4v) is 3.20. The van der Waals surface area contributed by atoms with E-state index < -0.39 is 5.82 Å². The Labute approximate surface area is 153 Å². The average Bonchev–Trinajstić information content (AvgIpc) is 2.92. The SMILES string of the molecule is CCOc1ccc(N=C2NC(=O)C(=Cc3c(F)cccc3Cl)S2)cc1. The van der Waals surface area contributed by atoms with E-state index in [1.54, 1.807) is 30.3 Å². The summed E-state index contributed by atoms with van der Waals surface area (Å²) in [5.74, 6) is -0.0661. The van der Waals surface area contributed by atoms with E-state index in [-0.39, 0.29) is 16.5 Å². The van der Waals surface area contributed by atoms with Gasteiger partial charge in [0.05, 0.1) is 22.2 Å². The molecule has 25 heavy (non-hydrogen) atoms. The summed E-state index contributed by atoms with van der Waals surface area (Å²) in [5.41, 5.74) is 0.862. The van der Waals surface area contributed by atoms with Gasteiger partial charge in [-0.2, -0.15) is 0 Å². The number of nitrogens with one attached hydrogen (secondary N) is 1. The number of rotatable bonds is 4. The normalized spacial score (nSPS) is 17.2. The summed E-state index contributed by atoms with van der Waals surface area (Å²) in [5, 5.41) is 3.33. The third kappa shape index (κ3) is 4.21. The number of carbonyl (C=O) groups excluding carboxylic acids is 1. The lowest BCUT2D eigenvalue weighted by Gasteiger charge is -2.02. The van der Waals surface area contributed by atoms with Gasteiger partial charge in [-0.3, -0.25) is 4.79 Å². The molecule has 0 unspecified atom stereocenters. The highest BCUT2D eigenvalue weighted by Gasteiger charge is 2.24. The molecule has 3 rings (SSSR count). The zero-order chi connectivity index (χ0) is 17.8. The standard InChI is InChI=1S/C18H14ClFN2O2S/c1-2-24-12-8-6-11(7-9-12)21-18-22-17(23)16(25-18)10-13-14(19)4-3-5-15(13)20/h3-10H,2H2,1H3,(H,21,22,23). The van der Waals surface area contributed by atoms with Crippen molar-refractivity contribution in [3.63, 3.8) is 0 Å². The van der Waals surface area contributed by atoms with E-state index in [2.05, 4.69) is 10.3 Å². The summed E-state index contributed by atoms with van der Waals surface area (Å²) in [6.45, 7) is 2.50. The molecule has 7 heteroatoms. The Morgan fingerprint density at radius 2 is 2.04 bits per heavy atom. The Morgan fingerprint density at radius 3 is 2.72 bits per heavy atom. The number of amides is 1. The van der Waals surface area contributed by atoms with Crippen LogP contribution in [0.2, 0.25) is 5.02 Å². The fraction of sp³-hybridized carbons (Fsp3) is 0.111. The second kappa shape index (κ2) is 7.72. The smallest absolute Gasteiger partial charge is 0.264 e. The number of carbonyl (C=O) groups is 1. The van der Waals surface area contributed by atoms with E-state index in [1.807, 2.05) is 6.92 Å². The van der Waals surface area contributed by atoms with Gasteiger partial charge in [0.1, 0.15) is 11.6 Å². The summed E-state index contributed by atoms with van der Waals surface area (Å²) in [7, 11) is 0. The molecule has 2 aromatic carbocycles. The largest absolute Gasteiger partial charge is 0.494 e. The Balaban J connectivity index is 1.81. The van der Waals surface area contributed by atoms with E-state index in [4.69, 9.17) is 16.3 Å². The Kier molecular flexibility index (Phi) is 5.40. The summed E-state index contributed by atoms with van der Waals surface area (Å²) in [4.78, 5) is 16.8. The number of nitrogens with zero attached hydrogens (tertiary/aromatic N) is 1. The Hall–Kier alpha value is -2.31. The minimum atomic E-state index is -0.481. The lowest BCUT2D eigenvalue weighted by atomic mass is 10.2. The van der Waals surface area contributed by atoms with Crippen LogP contribution in [0.5, 0.6) is 5.75 Å². The first kappa shape index (κ1) is 17.5. The number of ether oxygens (including phenoxy) is 1. The maximum atomic E-state index is 13.9. The molecule has 1 heterocycles. The molecule has 1 aliphatic heterocycles. The van der Waals surface area contributed by atoms with E-state index in [9.17, 15) is 9.18 Å². The maximum Gasteiger partial charge on any atom is 0.264 e. The van der Waals surface area contributed by atoms with Crippen molar-refractivity contribution in [1.29, 1.82) is 0 Å². The lowest BCUT2D eigenvalue weighted by Crippen LogP contribution is -2.19. The van der Waals surface area contributed by atoms with Gasteiger partial charge < -0.3 is 10.1 Å². The van der Waals surface area contributed by atoms with Crippen molar-refractivity contribution in [3.8, 4) is 5.75 Å². The van der Waals surface area contributed by atoms with Crippen molar-refractivity contribution in [1.82, 2.24) is 5.32 Å². The molecule has 2 aromatic rings. The highest BCUT2D eigenvalue weighted by molar-refractivity contribution is 8.18. The first-order chi connectivity index (χ1) is 12.1. The van der Waals surface area contributed by atoms with E-state index in [1.165, 1.54) is 18.2 Å². The van der Waals surface area contributed by atoms with Gasteiger partial charge in [0, 0.05) is 5.56 Å². The van der Waals surface area contributed by atoms with Crippen molar-refractivity contribution in [2.75, 3.05) is 6.61 Å². The maximum absolute atomic E-state index is 13.9. The molecule has 1 aliphatic rings. The van der Waals surface area contributed by atoms with Gasteiger partial charge in [-0.1, -0.05) is 17.7 Å². The van der Waals surface area contributed by atoms with Crippen LogP contribution in [0.4, 0.5) is 10.1 Å². The molecule has 0 bridgehead atoms. The molecule has 0 spiro atoms. The molecule has 1 N–H and O–H groups in total. The van der Waals surface area contributed by atoms with Crippen LogP contribution in [-0.2, 0) is 4.79 Å². The van der Waals surface area contributed by atoms with E-state index in [0.29, 0.717) is 22.4 Å². The molecule has 0 aliphatic carbocycles. The Morgan fingerprint density at radius 1 is 1.28 bits per heavy atom. The molecule has 4 nitrogen and oxygen atoms in total. The topological polar surface area (TPSA) is 50.7 Å². The van der Waals surface area contributed by atoms with Crippen LogP contribution >= 0.6 is 23.4 Å². The predicted molar refractivity (Wildman–Crippen MR) is 99.8 cm³/mol. The number of benzene rings is 2. The van der Waals surface area contributed by atoms with Crippen molar-refractivity contribution < 1.29 is 13.9 Å². The lowest BCUT2D eigenvalue weighted by molar-refractivity contribution is -0.115. The number of amidine groups is 1. The average molecular weight is 377 g/mol. The highest BCUT2D eigenvalue weighted by atomic mass is 35.5. The van der Waals surface area contributed by atoms with Crippen LogP contribution in [0.15, 0.2) is 52.4 Å². The van der Waals surface area contributed by atoms with Crippen molar-refractivity contribution in [3.05, 3.63) is 63.8 Å². The summed E-state index contributed by atoms with van der Waals surface area (Å²) in [6.07, 6.45) is 1.43. The molecule has 128 valence electrons. The second-order valence-electron chi connectivity index (χ2n) is 5.04. The third-order valence-corrected chi connectivity index (χ3v) is 4.54. The van der Waals surface area contributed by atoms with Crippen molar-refractivity contribution in [2.45, 2.75) is 6.92 Å². The number of halogens is 2. The molecule has 0 saturated carbocycles. The molecule has 1 amide bonds. The Bertz CT molecular complexity index is 846. The van der Waals surface area contributed by atoms with Gasteiger partial charge in [0.25, 0.3) is 5.91 Å². The monoisotopic (exact) mass is 376 g/mol. The molecule has 1 saturated heterocycles. The van der Waals surface area contributed by atoms with Gasteiger partial charge in [0.2, 0.25) is 0 Å². The number of hydrogen-bond acceptors (Lipinski definition) is 4. The van der Waals surface area contributed by atoms with Gasteiger partial charge >= 0.3 is 0 Å². The minimum Gasteiger partial charge on any atom is -0.494 e. The molecule has 0 radical (unpaired) electrons. The number of thioether (sulfide) groups is 1. The van der Waals surface area contributed by atoms with Gasteiger partial charge in [0.15, 0.2) is 5.17 Å². The van der Waals surface area contributed by atoms with E-state index in [0.717, 1.165) is 17.5 Å². The van der Waals surface area contributed by atoms with Crippen LogP contribution in [-0.4, -0.2) is 17.7 Å². The second-order valence-corrected chi connectivity index (χ2v) is 6.48. The van der Waals surface area contributed by atoms with Crippen LogP contribution in [0.3, 0.4) is 0 Å². The van der Waals surface area contributed by atoms with Crippen molar-refractivity contribution >= 4 is 46.2 Å².